The summed E-state index contributed by atoms with van der Waals surface area (Å²) in [6.45, 7) is 8.44. The van der Waals surface area contributed by atoms with Gasteiger partial charge in [0.1, 0.15) is 0 Å². The number of carbonyl (C=O) groups is 1. The summed E-state index contributed by atoms with van der Waals surface area (Å²) < 4.78 is 25.3. The Kier molecular flexibility index (Phi) is 4.52. The molecular weight excluding hydrogens is 300 g/mol. The molecule has 1 amide bonds. The van der Waals surface area contributed by atoms with Gasteiger partial charge in [0.25, 0.3) is 0 Å². The molecule has 1 aromatic rings. The molecule has 0 spiro atoms. The van der Waals surface area contributed by atoms with Gasteiger partial charge in [-0.3, -0.25) is 9.10 Å². The first kappa shape index (κ1) is 16.8. The molecule has 5 nitrogen and oxygen atoms in total. The number of carbonyl (C=O) groups excluding carboxylic acids is 1. The number of aryl methyl sites for hydroxylation is 1. The second-order valence-corrected chi connectivity index (χ2v) is 9.04. The molecular formula is C16H24N2O3S. The van der Waals surface area contributed by atoms with Crippen molar-refractivity contribution in [2.24, 2.45) is 5.41 Å². The van der Waals surface area contributed by atoms with Gasteiger partial charge in [-0.25, -0.2) is 8.42 Å². The van der Waals surface area contributed by atoms with E-state index in [4.69, 9.17) is 0 Å². The molecule has 1 fully saturated rings. The van der Waals surface area contributed by atoms with Gasteiger partial charge in [0.05, 0.1) is 11.4 Å². The summed E-state index contributed by atoms with van der Waals surface area (Å²) in [5.41, 5.74) is 2.20. The van der Waals surface area contributed by atoms with E-state index in [2.05, 4.69) is 5.32 Å². The molecule has 0 radical (unpaired) electrons. The maximum Gasteiger partial charge on any atom is 0.235 e. The number of hydrogen-bond acceptors (Lipinski definition) is 3. The summed E-state index contributed by atoms with van der Waals surface area (Å²) in [6, 6.07) is 5.34. The van der Waals surface area contributed by atoms with Crippen molar-refractivity contribution in [3.8, 4) is 0 Å². The first-order valence-electron chi connectivity index (χ1n) is 7.49. The van der Waals surface area contributed by atoms with E-state index in [1.807, 2.05) is 33.8 Å². The maximum atomic E-state index is 12.0. The number of amides is 1. The highest BCUT2D eigenvalue weighted by Gasteiger charge is 2.28. The molecule has 6 heteroatoms. The van der Waals surface area contributed by atoms with Gasteiger partial charge in [0.15, 0.2) is 0 Å². The minimum atomic E-state index is -3.17. The van der Waals surface area contributed by atoms with Crippen molar-refractivity contribution in [1.82, 2.24) is 0 Å². The Morgan fingerprint density at radius 1 is 1.32 bits per heavy atom. The molecule has 22 heavy (non-hydrogen) atoms. The van der Waals surface area contributed by atoms with Crippen LogP contribution in [0.15, 0.2) is 18.2 Å². The van der Waals surface area contributed by atoms with Crippen molar-refractivity contribution in [1.29, 1.82) is 0 Å². The van der Waals surface area contributed by atoms with E-state index >= 15 is 0 Å². The average Bonchev–Trinajstić information content (AvgIpc) is 2.69. The van der Waals surface area contributed by atoms with Gasteiger partial charge in [0, 0.05) is 18.7 Å². The number of rotatable bonds is 3. The van der Waals surface area contributed by atoms with Gasteiger partial charge in [0.2, 0.25) is 15.9 Å². The van der Waals surface area contributed by atoms with Gasteiger partial charge >= 0.3 is 0 Å². The van der Waals surface area contributed by atoms with E-state index < -0.39 is 10.0 Å². The van der Waals surface area contributed by atoms with Crippen LogP contribution in [0.3, 0.4) is 0 Å². The molecule has 2 rings (SSSR count). The Morgan fingerprint density at radius 2 is 2.00 bits per heavy atom. The van der Waals surface area contributed by atoms with Crippen LogP contribution in [0.5, 0.6) is 0 Å². The summed E-state index contributed by atoms with van der Waals surface area (Å²) in [6.07, 6.45) is 1.10. The fourth-order valence-electron chi connectivity index (χ4n) is 2.55. The minimum Gasteiger partial charge on any atom is -0.326 e. The predicted molar refractivity (Wildman–Crippen MR) is 89.6 cm³/mol. The van der Waals surface area contributed by atoms with E-state index in [1.54, 1.807) is 12.1 Å². The second-order valence-electron chi connectivity index (χ2n) is 7.03. The topological polar surface area (TPSA) is 66.5 Å². The third-order valence-electron chi connectivity index (χ3n) is 3.56. The van der Waals surface area contributed by atoms with Crippen LogP contribution in [0.2, 0.25) is 0 Å². The SMILES string of the molecule is Cc1cc(N2CCCS2(=O)=O)ccc1NC(=O)CC(C)(C)C. The fourth-order valence-corrected chi connectivity index (χ4v) is 4.11. The van der Waals surface area contributed by atoms with Gasteiger partial charge < -0.3 is 5.32 Å². The number of nitrogens with one attached hydrogen (secondary N) is 1. The van der Waals surface area contributed by atoms with Crippen molar-refractivity contribution in [3.63, 3.8) is 0 Å². The fraction of sp³-hybridized carbons (Fsp3) is 0.562. The van der Waals surface area contributed by atoms with Crippen LogP contribution in [-0.4, -0.2) is 26.6 Å². The Bertz CT molecular complexity index is 675. The van der Waals surface area contributed by atoms with Gasteiger partial charge in [-0.1, -0.05) is 20.8 Å². The van der Waals surface area contributed by atoms with Crippen LogP contribution in [-0.2, 0) is 14.8 Å². The first-order chi connectivity index (χ1) is 10.1. The van der Waals surface area contributed by atoms with Crippen LogP contribution in [0.4, 0.5) is 11.4 Å². The summed E-state index contributed by atoms with van der Waals surface area (Å²) in [7, 11) is -3.17. The van der Waals surface area contributed by atoms with Crippen molar-refractivity contribution in [2.75, 3.05) is 21.9 Å². The minimum absolute atomic E-state index is 0.0304. The van der Waals surface area contributed by atoms with Crippen molar-refractivity contribution >= 4 is 27.3 Å². The molecule has 0 unspecified atom stereocenters. The molecule has 1 aliphatic rings. The second kappa shape index (κ2) is 5.91. The summed E-state index contributed by atoms with van der Waals surface area (Å²) >= 11 is 0. The molecule has 0 aliphatic carbocycles. The lowest BCUT2D eigenvalue weighted by Crippen LogP contribution is -2.25. The summed E-state index contributed by atoms with van der Waals surface area (Å²) in [5, 5.41) is 2.90. The number of benzene rings is 1. The molecule has 0 saturated carbocycles. The van der Waals surface area contributed by atoms with E-state index in [9.17, 15) is 13.2 Å². The van der Waals surface area contributed by atoms with Crippen LogP contribution < -0.4 is 9.62 Å². The van der Waals surface area contributed by atoms with Gasteiger partial charge in [-0.15, -0.1) is 0 Å². The molecule has 122 valence electrons. The zero-order valence-electron chi connectivity index (χ0n) is 13.6. The molecule has 1 aliphatic heterocycles. The zero-order chi connectivity index (χ0) is 16.5. The molecule has 1 N–H and O–H groups in total. The highest BCUT2D eigenvalue weighted by molar-refractivity contribution is 7.93. The third kappa shape index (κ3) is 4.00. The van der Waals surface area contributed by atoms with Crippen molar-refractivity contribution < 1.29 is 13.2 Å². The third-order valence-corrected chi connectivity index (χ3v) is 5.43. The average molecular weight is 324 g/mol. The molecule has 1 aromatic carbocycles. The van der Waals surface area contributed by atoms with Crippen LogP contribution in [0.25, 0.3) is 0 Å². The molecule has 0 bridgehead atoms. The maximum absolute atomic E-state index is 12.0. The highest BCUT2D eigenvalue weighted by Crippen LogP contribution is 2.28. The molecule has 1 saturated heterocycles. The lowest BCUT2D eigenvalue weighted by Gasteiger charge is -2.20. The molecule has 0 atom stereocenters. The van der Waals surface area contributed by atoms with E-state index in [1.165, 1.54) is 4.31 Å². The first-order valence-corrected chi connectivity index (χ1v) is 9.10. The van der Waals surface area contributed by atoms with Gasteiger partial charge in [-0.2, -0.15) is 0 Å². The Labute approximate surface area is 132 Å². The normalized spacial score (nSPS) is 17.5. The number of anilines is 2. The highest BCUT2D eigenvalue weighted by atomic mass is 32.2. The van der Waals surface area contributed by atoms with E-state index in [-0.39, 0.29) is 17.1 Å². The Morgan fingerprint density at radius 3 is 2.50 bits per heavy atom. The summed E-state index contributed by atoms with van der Waals surface area (Å²) in [5.74, 6) is 0.174. The standard InChI is InChI=1S/C16H24N2O3S/c1-12-10-13(18-8-5-9-22(18,20)21)6-7-14(12)17-15(19)11-16(2,3)4/h6-7,10H,5,8-9,11H2,1-4H3,(H,17,19). The summed E-state index contributed by atoms with van der Waals surface area (Å²) in [4.78, 5) is 12.0. The number of nitrogens with zero attached hydrogens (tertiary/aromatic N) is 1. The van der Waals surface area contributed by atoms with Crippen LogP contribution in [0, 0.1) is 12.3 Å². The lowest BCUT2D eigenvalue weighted by atomic mass is 9.92. The zero-order valence-corrected chi connectivity index (χ0v) is 14.5. The Balaban J connectivity index is 2.15. The lowest BCUT2D eigenvalue weighted by molar-refractivity contribution is -0.117. The van der Waals surface area contributed by atoms with E-state index in [0.717, 1.165) is 11.3 Å². The van der Waals surface area contributed by atoms with Crippen molar-refractivity contribution in [3.05, 3.63) is 23.8 Å². The van der Waals surface area contributed by atoms with Crippen LogP contribution >= 0.6 is 0 Å². The number of hydrogen-bond donors (Lipinski definition) is 1. The quantitative estimate of drug-likeness (QED) is 0.929. The van der Waals surface area contributed by atoms with Crippen LogP contribution in [0.1, 0.15) is 39.2 Å². The monoisotopic (exact) mass is 324 g/mol. The number of sulfonamides is 1. The smallest absolute Gasteiger partial charge is 0.235 e. The van der Waals surface area contributed by atoms with Crippen molar-refractivity contribution in [2.45, 2.75) is 40.5 Å². The predicted octanol–water partition coefficient (Wildman–Crippen LogP) is 2.91. The molecule has 1 heterocycles. The van der Waals surface area contributed by atoms with Gasteiger partial charge in [-0.05, 0) is 42.5 Å². The Hall–Kier alpha value is -1.56. The van der Waals surface area contributed by atoms with E-state index in [0.29, 0.717) is 25.1 Å². The molecule has 0 aromatic heterocycles. The largest absolute Gasteiger partial charge is 0.326 e.